The third kappa shape index (κ3) is 5.62. The molecule has 2 aromatic carbocycles. The second-order valence-corrected chi connectivity index (χ2v) is 5.77. The number of benzene rings is 2. The lowest BCUT2D eigenvalue weighted by atomic mass is 10.2. The summed E-state index contributed by atoms with van der Waals surface area (Å²) in [4.78, 5) is 32.1. The van der Waals surface area contributed by atoms with Crippen LogP contribution in [0.4, 0.5) is 11.4 Å². The molecule has 0 saturated heterocycles. The predicted octanol–water partition coefficient (Wildman–Crippen LogP) is 3.34. The average Bonchev–Trinajstić information content (AvgIpc) is 2.60. The van der Waals surface area contributed by atoms with Crippen LogP contribution in [0.25, 0.3) is 0 Å². The fourth-order valence-electron chi connectivity index (χ4n) is 1.89. The van der Waals surface area contributed by atoms with Gasteiger partial charge in [-0.05, 0) is 6.07 Å². The summed E-state index contributed by atoms with van der Waals surface area (Å²) in [5.74, 6) is -1.03. The number of nitrogens with one attached hydrogen (secondary N) is 1. The summed E-state index contributed by atoms with van der Waals surface area (Å²) in [6.45, 7) is -0.603. The molecule has 2 rings (SSSR count). The zero-order valence-electron chi connectivity index (χ0n) is 13.3. The molecule has 1 amide bonds. The largest absolute Gasteiger partial charge is 0.476 e. The maximum Gasteiger partial charge on any atom is 0.314 e. The van der Waals surface area contributed by atoms with Crippen molar-refractivity contribution in [1.29, 1.82) is 0 Å². The van der Waals surface area contributed by atoms with Gasteiger partial charge in [0.25, 0.3) is 11.6 Å². The third-order valence-corrected chi connectivity index (χ3v) is 3.52. The van der Waals surface area contributed by atoms with E-state index in [2.05, 4.69) is 10.5 Å². The number of nitro benzene ring substituents is 2. The van der Waals surface area contributed by atoms with E-state index in [0.717, 1.165) is 6.07 Å². The van der Waals surface area contributed by atoms with E-state index in [1.807, 2.05) is 0 Å². The molecule has 0 unspecified atom stereocenters. The Kier molecular flexibility index (Phi) is 6.63. The molecule has 0 radical (unpaired) electrons. The number of carbonyl (C=O) groups excluding carboxylic acids is 1. The SMILES string of the molecule is O=C(COc1c(Cl)cc(Cl)cc1[N+](=O)[O-])N/N=C\c1cccc([N+](=O)[O-])c1. The first-order chi connectivity index (χ1) is 12.8. The van der Waals surface area contributed by atoms with E-state index in [4.69, 9.17) is 27.9 Å². The monoisotopic (exact) mass is 412 g/mol. The molecule has 140 valence electrons. The van der Waals surface area contributed by atoms with Gasteiger partial charge in [0.2, 0.25) is 5.75 Å². The zero-order chi connectivity index (χ0) is 20.0. The molecule has 2 aromatic rings. The van der Waals surface area contributed by atoms with Gasteiger partial charge in [0.05, 0.1) is 21.1 Å². The van der Waals surface area contributed by atoms with Gasteiger partial charge in [0, 0.05) is 28.8 Å². The number of nitrogens with zero attached hydrogens (tertiary/aromatic N) is 3. The summed E-state index contributed by atoms with van der Waals surface area (Å²) in [5, 5.41) is 25.3. The summed E-state index contributed by atoms with van der Waals surface area (Å²) in [7, 11) is 0. The normalized spacial score (nSPS) is 10.6. The van der Waals surface area contributed by atoms with Crippen molar-refractivity contribution in [3.05, 3.63) is 72.2 Å². The van der Waals surface area contributed by atoms with E-state index in [-0.39, 0.29) is 21.5 Å². The molecule has 0 fully saturated rings. The van der Waals surface area contributed by atoms with Crippen molar-refractivity contribution in [2.45, 2.75) is 0 Å². The lowest BCUT2D eigenvalue weighted by Crippen LogP contribution is -2.24. The zero-order valence-corrected chi connectivity index (χ0v) is 14.8. The van der Waals surface area contributed by atoms with Crippen LogP contribution in [0.5, 0.6) is 5.75 Å². The number of non-ortho nitro benzene ring substituents is 1. The lowest BCUT2D eigenvalue weighted by Gasteiger charge is -2.08. The molecule has 0 saturated carbocycles. The molecular weight excluding hydrogens is 403 g/mol. The number of halogens is 2. The van der Waals surface area contributed by atoms with E-state index < -0.39 is 28.0 Å². The Morgan fingerprint density at radius 1 is 1.19 bits per heavy atom. The van der Waals surface area contributed by atoms with Crippen molar-refractivity contribution in [2.24, 2.45) is 5.10 Å². The van der Waals surface area contributed by atoms with Crippen molar-refractivity contribution < 1.29 is 19.4 Å². The van der Waals surface area contributed by atoms with Crippen LogP contribution in [0.1, 0.15) is 5.56 Å². The maximum absolute atomic E-state index is 11.7. The van der Waals surface area contributed by atoms with Crippen LogP contribution in [-0.4, -0.2) is 28.6 Å². The molecule has 27 heavy (non-hydrogen) atoms. The van der Waals surface area contributed by atoms with Gasteiger partial charge in [0.1, 0.15) is 0 Å². The second-order valence-electron chi connectivity index (χ2n) is 4.93. The summed E-state index contributed by atoms with van der Waals surface area (Å²) in [5.41, 5.74) is 1.90. The van der Waals surface area contributed by atoms with Crippen molar-refractivity contribution >= 4 is 46.7 Å². The number of amides is 1. The highest BCUT2D eigenvalue weighted by atomic mass is 35.5. The molecule has 0 aromatic heterocycles. The first-order valence-corrected chi connectivity index (χ1v) is 7.86. The Balaban J connectivity index is 1.98. The van der Waals surface area contributed by atoms with E-state index >= 15 is 0 Å². The molecule has 12 heteroatoms. The molecule has 0 aliphatic carbocycles. The van der Waals surface area contributed by atoms with Crippen molar-refractivity contribution in [3.63, 3.8) is 0 Å². The summed E-state index contributed by atoms with van der Waals surface area (Å²) in [6.07, 6.45) is 1.20. The van der Waals surface area contributed by atoms with E-state index in [1.54, 1.807) is 6.07 Å². The summed E-state index contributed by atoms with van der Waals surface area (Å²) >= 11 is 11.6. The van der Waals surface area contributed by atoms with E-state index in [9.17, 15) is 25.0 Å². The molecule has 0 atom stereocenters. The molecule has 10 nitrogen and oxygen atoms in total. The fourth-order valence-corrected chi connectivity index (χ4v) is 2.43. The minimum Gasteiger partial charge on any atom is -0.476 e. The maximum atomic E-state index is 11.7. The van der Waals surface area contributed by atoms with Gasteiger partial charge in [-0.3, -0.25) is 25.0 Å². The van der Waals surface area contributed by atoms with Crippen LogP contribution >= 0.6 is 23.2 Å². The molecule has 0 aliphatic heterocycles. The van der Waals surface area contributed by atoms with E-state index in [0.29, 0.717) is 5.56 Å². The first-order valence-electron chi connectivity index (χ1n) is 7.10. The number of ether oxygens (including phenoxy) is 1. The van der Waals surface area contributed by atoms with Gasteiger partial charge in [-0.2, -0.15) is 5.10 Å². The number of rotatable bonds is 7. The molecule has 0 bridgehead atoms. The van der Waals surface area contributed by atoms with Crippen LogP contribution in [0.2, 0.25) is 10.0 Å². The van der Waals surface area contributed by atoms with Crippen molar-refractivity contribution in [1.82, 2.24) is 5.43 Å². The molecular formula is C15H10Cl2N4O6. The van der Waals surface area contributed by atoms with E-state index in [1.165, 1.54) is 30.5 Å². The Hall–Kier alpha value is -3.24. The lowest BCUT2D eigenvalue weighted by molar-refractivity contribution is -0.385. The first kappa shape index (κ1) is 20.1. The third-order valence-electron chi connectivity index (χ3n) is 3.02. The Bertz CT molecular complexity index is 935. The van der Waals surface area contributed by atoms with Gasteiger partial charge >= 0.3 is 5.69 Å². The highest BCUT2D eigenvalue weighted by molar-refractivity contribution is 6.36. The minimum absolute atomic E-state index is 0.0463. The molecule has 0 aliphatic rings. The molecule has 0 heterocycles. The Morgan fingerprint density at radius 3 is 2.59 bits per heavy atom. The van der Waals surface area contributed by atoms with Gasteiger partial charge in [-0.1, -0.05) is 35.3 Å². The number of hydrogen-bond donors (Lipinski definition) is 1. The summed E-state index contributed by atoms with van der Waals surface area (Å²) in [6, 6.07) is 7.88. The summed E-state index contributed by atoms with van der Waals surface area (Å²) < 4.78 is 5.09. The van der Waals surface area contributed by atoms with Crippen molar-refractivity contribution in [2.75, 3.05) is 6.61 Å². The van der Waals surface area contributed by atoms with Crippen LogP contribution in [-0.2, 0) is 4.79 Å². The standard InChI is InChI=1S/C15H10Cl2N4O6/c16-10-5-12(17)15(13(6-10)21(25)26)27-8-14(22)19-18-7-9-2-1-3-11(4-9)20(23)24/h1-7H,8H2,(H,19,22)/b18-7-. The smallest absolute Gasteiger partial charge is 0.314 e. The number of carbonyl (C=O) groups is 1. The topological polar surface area (TPSA) is 137 Å². The van der Waals surface area contributed by atoms with Crippen molar-refractivity contribution in [3.8, 4) is 5.75 Å². The van der Waals surface area contributed by atoms with Crippen LogP contribution in [0.15, 0.2) is 41.5 Å². The van der Waals surface area contributed by atoms with Gasteiger partial charge in [-0.15, -0.1) is 0 Å². The van der Waals surface area contributed by atoms with Crippen LogP contribution in [0.3, 0.4) is 0 Å². The number of nitro groups is 2. The van der Waals surface area contributed by atoms with Crippen LogP contribution in [0, 0.1) is 20.2 Å². The Morgan fingerprint density at radius 2 is 1.93 bits per heavy atom. The molecule has 1 N–H and O–H groups in total. The molecule has 0 spiro atoms. The average molecular weight is 413 g/mol. The van der Waals surface area contributed by atoms with Gasteiger partial charge in [-0.25, -0.2) is 5.43 Å². The fraction of sp³-hybridized carbons (Fsp3) is 0.0667. The van der Waals surface area contributed by atoms with Gasteiger partial charge in [0.15, 0.2) is 6.61 Å². The highest BCUT2D eigenvalue weighted by Gasteiger charge is 2.21. The van der Waals surface area contributed by atoms with Gasteiger partial charge < -0.3 is 4.74 Å². The Labute approximate surface area is 161 Å². The van der Waals surface area contributed by atoms with Crippen LogP contribution < -0.4 is 10.2 Å². The second kappa shape index (κ2) is 8.92. The highest BCUT2D eigenvalue weighted by Crippen LogP contribution is 2.37. The number of hydrazone groups is 1. The predicted molar refractivity (Wildman–Crippen MR) is 97.4 cm³/mol. The quantitative estimate of drug-likeness (QED) is 0.420. The number of hydrogen-bond acceptors (Lipinski definition) is 7. The minimum atomic E-state index is -0.745.